The zero-order valence-corrected chi connectivity index (χ0v) is 16.8. The lowest BCUT2D eigenvalue weighted by Gasteiger charge is -2.55. The van der Waals surface area contributed by atoms with Crippen molar-refractivity contribution < 1.29 is 30.6 Å². The Morgan fingerprint density at radius 3 is 2.64 bits per heavy atom. The molecule has 0 aromatic carbocycles. The lowest BCUT2D eigenvalue weighted by Crippen LogP contribution is -2.49. The maximum Gasteiger partial charge on any atom is 0.534 e. The Balaban J connectivity index is 1.61. The van der Waals surface area contributed by atoms with E-state index in [1.807, 2.05) is 13.0 Å². The van der Waals surface area contributed by atoms with Crippen molar-refractivity contribution in [2.45, 2.75) is 57.9 Å². The van der Waals surface area contributed by atoms with Gasteiger partial charge in [-0.25, -0.2) is 0 Å². The van der Waals surface area contributed by atoms with Crippen LogP contribution in [0.2, 0.25) is 0 Å². The van der Waals surface area contributed by atoms with Crippen molar-refractivity contribution in [2.24, 2.45) is 35.0 Å². The summed E-state index contributed by atoms with van der Waals surface area (Å²) in [5, 5.41) is 0. The lowest BCUT2D eigenvalue weighted by molar-refractivity contribution is -0.116. The summed E-state index contributed by atoms with van der Waals surface area (Å²) in [4.78, 5) is 11.8. The molecule has 0 aromatic rings. The van der Waals surface area contributed by atoms with Crippen LogP contribution in [0, 0.1) is 35.0 Å². The molecule has 0 aromatic heterocycles. The molecule has 4 rings (SSSR count). The zero-order chi connectivity index (χ0) is 20.5. The first-order chi connectivity index (χ1) is 12.9. The van der Waals surface area contributed by atoms with Gasteiger partial charge < -0.3 is 4.18 Å². The molecule has 0 aliphatic heterocycles. The molecule has 8 heteroatoms. The van der Waals surface area contributed by atoms with Gasteiger partial charge in [0.1, 0.15) is 5.76 Å². The van der Waals surface area contributed by atoms with Crippen LogP contribution < -0.4 is 0 Å². The summed E-state index contributed by atoms with van der Waals surface area (Å²) >= 11 is 0. The molecule has 4 nitrogen and oxygen atoms in total. The number of hydrogen-bond acceptors (Lipinski definition) is 4. The summed E-state index contributed by atoms with van der Waals surface area (Å²) in [6.07, 6.45) is 7.56. The van der Waals surface area contributed by atoms with Crippen molar-refractivity contribution in [3.8, 4) is 0 Å². The second-order valence-corrected chi connectivity index (χ2v) is 10.6. The largest absolute Gasteiger partial charge is 0.534 e. The molecular formula is C20H25F3O4S. The minimum Gasteiger partial charge on any atom is -0.380 e. The van der Waals surface area contributed by atoms with Gasteiger partial charge >= 0.3 is 15.6 Å². The van der Waals surface area contributed by atoms with Gasteiger partial charge in [0.15, 0.2) is 5.78 Å². The van der Waals surface area contributed by atoms with Gasteiger partial charge in [-0.05, 0) is 73.8 Å². The van der Waals surface area contributed by atoms with Crippen LogP contribution in [0.5, 0.6) is 0 Å². The first-order valence-corrected chi connectivity index (χ1v) is 11.3. The molecule has 156 valence electrons. The van der Waals surface area contributed by atoms with E-state index in [9.17, 15) is 26.4 Å². The zero-order valence-electron chi connectivity index (χ0n) is 16.0. The highest BCUT2D eigenvalue weighted by molar-refractivity contribution is 7.87. The van der Waals surface area contributed by atoms with E-state index in [-0.39, 0.29) is 17.5 Å². The quantitative estimate of drug-likeness (QED) is 0.480. The number of allylic oxidation sites excluding steroid dienone is 4. The molecule has 0 heterocycles. The summed E-state index contributed by atoms with van der Waals surface area (Å²) in [6, 6.07) is 0. The Hall–Kier alpha value is -1.31. The maximum absolute atomic E-state index is 12.8. The first-order valence-electron chi connectivity index (χ1n) is 9.89. The summed E-state index contributed by atoms with van der Waals surface area (Å²) in [5.41, 5.74) is -4.89. The third kappa shape index (κ3) is 2.94. The van der Waals surface area contributed by atoms with Crippen LogP contribution in [0.15, 0.2) is 23.5 Å². The monoisotopic (exact) mass is 418 g/mol. The van der Waals surface area contributed by atoms with Gasteiger partial charge in [-0.3, -0.25) is 4.79 Å². The Morgan fingerprint density at radius 2 is 1.96 bits per heavy atom. The smallest absolute Gasteiger partial charge is 0.380 e. The molecule has 2 fully saturated rings. The van der Waals surface area contributed by atoms with E-state index >= 15 is 0 Å². The molecule has 6 atom stereocenters. The lowest BCUT2D eigenvalue weighted by atomic mass is 9.49. The van der Waals surface area contributed by atoms with E-state index in [2.05, 4.69) is 11.1 Å². The third-order valence-corrected chi connectivity index (χ3v) is 8.60. The van der Waals surface area contributed by atoms with Crippen molar-refractivity contribution in [1.29, 1.82) is 0 Å². The predicted octanol–water partition coefficient (Wildman–Crippen LogP) is 4.73. The molecule has 0 spiro atoms. The van der Waals surface area contributed by atoms with E-state index in [1.54, 1.807) is 6.08 Å². The summed E-state index contributed by atoms with van der Waals surface area (Å²) in [7, 11) is -5.65. The van der Waals surface area contributed by atoms with Gasteiger partial charge in [-0.1, -0.05) is 19.4 Å². The second-order valence-electron chi connectivity index (χ2n) is 9.10. The second kappa shape index (κ2) is 6.34. The number of carbonyl (C=O) groups is 1. The summed E-state index contributed by atoms with van der Waals surface area (Å²) in [5.74, 6) is 1.57. The average molecular weight is 418 g/mol. The van der Waals surface area contributed by atoms with Gasteiger partial charge in [-0.2, -0.15) is 21.6 Å². The molecule has 28 heavy (non-hydrogen) atoms. The van der Waals surface area contributed by atoms with Crippen LogP contribution in [-0.2, 0) is 19.1 Å². The Morgan fingerprint density at radius 1 is 1.25 bits per heavy atom. The fraction of sp³-hybridized carbons (Fsp3) is 0.750. The molecular weight excluding hydrogens is 393 g/mol. The number of rotatable bonds is 2. The van der Waals surface area contributed by atoms with E-state index in [1.165, 1.54) is 5.57 Å². The summed E-state index contributed by atoms with van der Waals surface area (Å²) < 4.78 is 66.2. The fourth-order valence-electron chi connectivity index (χ4n) is 6.42. The van der Waals surface area contributed by atoms with Gasteiger partial charge in [0, 0.05) is 11.8 Å². The number of halogens is 3. The number of hydrogen-bond donors (Lipinski definition) is 0. The maximum atomic E-state index is 12.8. The SMILES string of the molecule is C[C@@H]1CC2=CC(=O)CC[C@@H]2[C@H]2CC[C@]3(C)C(OS(=O)(=O)C(F)(F)F)=CC[C@@H]3[C@@H]21. The van der Waals surface area contributed by atoms with Crippen molar-refractivity contribution in [3.63, 3.8) is 0 Å². The minimum atomic E-state index is -5.65. The van der Waals surface area contributed by atoms with Crippen LogP contribution in [0.1, 0.15) is 52.4 Å². The number of fused-ring (bicyclic) bond motifs is 5. The highest BCUT2D eigenvalue weighted by Crippen LogP contribution is 2.63. The Labute approximate surface area is 163 Å². The van der Waals surface area contributed by atoms with E-state index in [4.69, 9.17) is 0 Å². The van der Waals surface area contributed by atoms with E-state index in [0.717, 1.165) is 19.3 Å². The van der Waals surface area contributed by atoms with E-state index in [0.29, 0.717) is 42.9 Å². The highest BCUT2D eigenvalue weighted by Gasteiger charge is 2.58. The molecule has 0 amide bonds. The molecule has 0 saturated heterocycles. The molecule has 0 unspecified atom stereocenters. The molecule has 2 saturated carbocycles. The Bertz CT molecular complexity index is 857. The fourth-order valence-corrected chi connectivity index (χ4v) is 7.01. The number of carbonyl (C=O) groups excluding carboxylic acids is 1. The summed E-state index contributed by atoms with van der Waals surface area (Å²) in [6.45, 7) is 3.99. The third-order valence-electron chi connectivity index (χ3n) is 7.63. The van der Waals surface area contributed by atoms with Crippen LogP contribution in [0.3, 0.4) is 0 Å². The minimum absolute atomic E-state index is 0.0411. The van der Waals surface area contributed by atoms with Gasteiger partial charge in [0.25, 0.3) is 0 Å². The molecule has 0 radical (unpaired) electrons. The Kier molecular flexibility index (Phi) is 4.53. The van der Waals surface area contributed by atoms with Crippen LogP contribution in [-0.4, -0.2) is 19.7 Å². The van der Waals surface area contributed by atoms with Gasteiger partial charge in [-0.15, -0.1) is 0 Å². The van der Waals surface area contributed by atoms with E-state index < -0.39 is 21.0 Å². The highest BCUT2D eigenvalue weighted by atomic mass is 32.2. The van der Waals surface area contributed by atoms with Crippen LogP contribution in [0.4, 0.5) is 13.2 Å². The van der Waals surface area contributed by atoms with Crippen LogP contribution in [0.25, 0.3) is 0 Å². The predicted molar refractivity (Wildman–Crippen MR) is 96.2 cm³/mol. The van der Waals surface area contributed by atoms with Gasteiger partial charge in [0.2, 0.25) is 0 Å². The molecule has 4 aliphatic carbocycles. The molecule has 0 N–H and O–H groups in total. The molecule has 0 bridgehead atoms. The topological polar surface area (TPSA) is 60.4 Å². The van der Waals surface area contributed by atoms with Crippen molar-refractivity contribution in [1.82, 2.24) is 0 Å². The van der Waals surface area contributed by atoms with Gasteiger partial charge in [0.05, 0.1) is 0 Å². The van der Waals surface area contributed by atoms with Crippen molar-refractivity contribution >= 4 is 15.9 Å². The number of alkyl halides is 3. The van der Waals surface area contributed by atoms with Crippen LogP contribution >= 0.6 is 0 Å². The van der Waals surface area contributed by atoms with Crippen molar-refractivity contribution in [3.05, 3.63) is 23.5 Å². The molecule has 4 aliphatic rings. The first kappa shape index (κ1) is 20.0. The van der Waals surface area contributed by atoms with Crippen molar-refractivity contribution in [2.75, 3.05) is 0 Å². The average Bonchev–Trinajstić information content (AvgIpc) is 2.89. The number of ketones is 1. The normalized spacial score (nSPS) is 40.8. The standard InChI is InChI=1S/C20H25F3O4S/c1-11-9-12-10-13(24)3-4-14(12)15-7-8-19(2)16(18(11)15)5-6-17(19)27-28(25,26)20(21,22)23/h6,10-11,14-16,18H,3-5,7-9H2,1-2H3/t11-,14+,15-,16-,18-,19+/m1/s1.